The van der Waals surface area contributed by atoms with E-state index in [2.05, 4.69) is 9.97 Å². The van der Waals surface area contributed by atoms with Crippen molar-refractivity contribution < 1.29 is 29.1 Å². The van der Waals surface area contributed by atoms with Crippen molar-refractivity contribution in [2.24, 2.45) is 0 Å². The quantitative estimate of drug-likeness (QED) is 0.581. The number of benzene rings is 1. The van der Waals surface area contributed by atoms with Crippen LogP contribution in [0, 0.1) is 0 Å². The van der Waals surface area contributed by atoms with Crippen LogP contribution in [-0.4, -0.2) is 82.2 Å². The highest BCUT2D eigenvalue weighted by Gasteiger charge is 2.39. The molecule has 0 bridgehead atoms. The van der Waals surface area contributed by atoms with Crippen molar-refractivity contribution in [3.63, 3.8) is 0 Å². The van der Waals surface area contributed by atoms with Crippen LogP contribution in [-0.2, 0) is 11.2 Å². The van der Waals surface area contributed by atoms with Gasteiger partial charge >= 0.3 is 13.1 Å². The zero-order chi connectivity index (χ0) is 21.4. The molecule has 3 N–H and O–H groups in total. The zero-order valence-corrected chi connectivity index (χ0v) is 16.7. The van der Waals surface area contributed by atoms with Gasteiger partial charge in [0.15, 0.2) is 0 Å². The summed E-state index contributed by atoms with van der Waals surface area (Å²) in [4.78, 5) is 35.2. The van der Waals surface area contributed by atoms with Gasteiger partial charge in [0.2, 0.25) is 5.91 Å². The van der Waals surface area contributed by atoms with E-state index in [1.165, 1.54) is 6.33 Å². The maximum absolute atomic E-state index is 12.9. The Morgan fingerprint density at radius 2 is 2.17 bits per heavy atom. The van der Waals surface area contributed by atoms with Crippen LogP contribution in [0.15, 0.2) is 24.7 Å². The number of amides is 1. The molecule has 1 atom stereocenters. The van der Waals surface area contributed by atoms with E-state index in [0.29, 0.717) is 31.5 Å². The molecule has 1 fully saturated rings. The fourth-order valence-electron chi connectivity index (χ4n) is 3.81. The number of aromatic nitrogens is 2. The second-order valence-electron chi connectivity index (χ2n) is 7.70. The highest BCUT2D eigenvalue weighted by Crippen LogP contribution is 2.37. The first-order valence-electron chi connectivity index (χ1n) is 9.69. The number of aromatic carboxylic acids is 1. The predicted molar refractivity (Wildman–Crippen MR) is 107 cm³/mol. The van der Waals surface area contributed by atoms with Gasteiger partial charge in [0, 0.05) is 0 Å². The summed E-state index contributed by atoms with van der Waals surface area (Å²) in [6.45, 7) is 0.688. The third kappa shape index (κ3) is 3.73. The predicted octanol–water partition coefficient (Wildman–Crippen LogP) is 0.416. The number of nitrogens with one attached hydrogen (secondary N) is 1. The molecule has 158 valence electrons. The number of carboxylic acid groups (broad SMARTS) is 1. The summed E-state index contributed by atoms with van der Waals surface area (Å²) in [5.41, 5.74) is 1.33. The van der Waals surface area contributed by atoms with Gasteiger partial charge in [-0.25, -0.2) is 9.78 Å². The average molecular weight is 414 g/mol. The number of fused-ring (bicyclic) bond motifs is 1. The zero-order valence-electron chi connectivity index (χ0n) is 16.7. The van der Waals surface area contributed by atoms with Gasteiger partial charge in [0.25, 0.3) is 0 Å². The molecule has 0 aliphatic carbocycles. The maximum Gasteiger partial charge on any atom is 0.522 e. The molecule has 1 aromatic carbocycles. The molecule has 2 aliphatic heterocycles. The molecule has 1 unspecified atom stereocenters. The number of aryl methyl sites for hydroxylation is 1. The molecular formula is C19H23BN4O6. The summed E-state index contributed by atoms with van der Waals surface area (Å²) in [6, 6.07) is 2.88. The average Bonchev–Trinajstić information content (AvgIpc) is 3.17. The second kappa shape index (κ2) is 8.00. The van der Waals surface area contributed by atoms with Crippen LogP contribution in [0.5, 0.6) is 11.5 Å². The summed E-state index contributed by atoms with van der Waals surface area (Å²) in [6.07, 6.45) is 3.77. The number of hydrogen-bond donors (Lipinski definition) is 3. The number of carboxylic acids is 1. The van der Waals surface area contributed by atoms with E-state index in [1.54, 1.807) is 28.1 Å². The SMILES string of the molecule is CN(C)C(C(=O)N1CC(Oc2ccc3c(c2C(=O)O)OB(O)CC3)C1)c1cnc[nH]1. The molecule has 3 heterocycles. The lowest BCUT2D eigenvalue weighted by molar-refractivity contribution is -0.145. The molecular weight excluding hydrogens is 391 g/mol. The number of imidazole rings is 1. The van der Waals surface area contributed by atoms with Gasteiger partial charge in [0.05, 0.1) is 31.3 Å². The molecule has 1 aromatic heterocycles. The standard InChI is InChI=1S/C19H23BN4O6/c1-23(2)16(13-7-21-10-22-13)18(25)24-8-12(9-24)29-14-4-3-11-5-6-20(28)30-17(11)15(14)19(26)27/h3-4,7,10,12,16,28H,5-6,8-9H2,1-2H3,(H,21,22)(H,26,27). The first-order chi connectivity index (χ1) is 14.3. The van der Waals surface area contributed by atoms with E-state index in [4.69, 9.17) is 9.39 Å². The van der Waals surface area contributed by atoms with Crippen molar-refractivity contribution in [3.8, 4) is 11.5 Å². The van der Waals surface area contributed by atoms with Crippen molar-refractivity contribution in [1.29, 1.82) is 0 Å². The van der Waals surface area contributed by atoms with Crippen LogP contribution in [0.25, 0.3) is 0 Å². The Hall–Kier alpha value is -3.05. The Morgan fingerprint density at radius 1 is 1.40 bits per heavy atom. The summed E-state index contributed by atoms with van der Waals surface area (Å²) >= 11 is 0. The van der Waals surface area contributed by atoms with E-state index < -0.39 is 19.1 Å². The number of rotatable bonds is 6. The Kier molecular flexibility index (Phi) is 5.40. The lowest BCUT2D eigenvalue weighted by Crippen LogP contribution is -2.58. The summed E-state index contributed by atoms with van der Waals surface area (Å²) in [7, 11) is 2.60. The van der Waals surface area contributed by atoms with Gasteiger partial charge < -0.3 is 29.4 Å². The Balaban J connectivity index is 1.46. The largest absolute Gasteiger partial charge is 0.535 e. The summed E-state index contributed by atoms with van der Waals surface area (Å²) in [5, 5.41) is 19.4. The van der Waals surface area contributed by atoms with Gasteiger partial charge in [-0.1, -0.05) is 6.07 Å². The number of carbonyl (C=O) groups excluding carboxylic acids is 1. The normalized spacial score (nSPS) is 17.2. The third-order valence-electron chi connectivity index (χ3n) is 5.35. The van der Waals surface area contributed by atoms with Crippen LogP contribution in [0.2, 0.25) is 6.32 Å². The van der Waals surface area contributed by atoms with Crippen LogP contribution >= 0.6 is 0 Å². The summed E-state index contributed by atoms with van der Waals surface area (Å²) in [5.74, 6) is -0.947. The van der Waals surface area contributed by atoms with Crippen molar-refractivity contribution in [2.75, 3.05) is 27.2 Å². The van der Waals surface area contributed by atoms with E-state index >= 15 is 0 Å². The van der Waals surface area contributed by atoms with E-state index in [1.807, 2.05) is 14.1 Å². The van der Waals surface area contributed by atoms with Crippen LogP contribution in [0.4, 0.5) is 0 Å². The Morgan fingerprint density at radius 3 is 2.80 bits per heavy atom. The third-order valence-corrected chi connectivity index (χ3v) is 5.35. The smallest absolute Gasteiger partial charge is 0.522 e. The molecule has 2 aromatic rings. The van der Waals surface area contributed by atoms with Gasteiger partial charge in [-0.2, -0.15) is 0 Å². The van der Waals surface area contributed by atoms with Gasteiger partial charge in [-0.05, 0) is 38.5 Å². The number of hydrogen-bond acceptors (Lipinski definition) is 7. The summed E-state index contributed by atoms with van der Waals surface area (Å²) < 4.78 is 11.3. The molecule has 30 heavy (non-hydrogen) atoms. The topological polar surface area (TPSA) is 128 Å². The second-order valence-corrected chi connectivity index (χ2v) is 7.70. The number of H-pyrrole nitrogens is 1. The van der Waals surface area contributed by atoms with Gasteiger partial charge in [0.1, 0.15) is 29.2 Å². The minimum Gasteiger partial charge on any atom is -0.535 e. The van der Waals surface area contributed by atoms with E-state index in [-0.39, 0.29) is 29.1 Å². The van der Waals surface area contributed by atoms with Crippen molar-refractivity contribution in [1.82, 2.24) is 19.8 Å². The first kappa shape index (κ1) is 20.2. The molecule has 11 heteroatoms. The lowest BCUT2D eigenvalue weighted by Gasteiger charge is -2.41. The van der Waals surface area contributed by atoms with Gasteiger partial charge in [-0.3, -0.25) is 9.69 Å². The van der Waals surface area contributed by atoms with Crippen molar-refractivity contribution >= 4 is 19.0 Å². The molecule has 4 rings (SSSR count). The molecule has 0 spiro atoms. The minimum absolute atomic E-state index is 0.0838. The van der Waals surface area contributed by atoms with E-state index in [0.717, 1.165) is 5.56 Å². The molecule has 1 amide bonds. The maximum atomic E-state index is 12.9. The Labute approximate surface area is 173 Å². The molecule has 1 saturated heterocycles. The molecule has 10 nitrogen and oxygen atoms in total. The highest BCUT2D eigenvalue weighted by molar-refractivity contribution is 6.44. The fraction of sp³-hybridized carbons (Fsp3) is 0.421. The van der Waals surface area contributed by atoms with Crippen LogP contribution in [0.1, 0.15) is 27.7 Å². The van der Waals surface area contributed by atoms with Crippen LogP contribution < -0.4 is 9.39 Å². The fourth-order valence-corrected chi connectivity index (χ4v) is 3.81. The number of aromatic amines is 1. The lowest BCUT2D eigenvalue weighted by atomic mass is 9.78. The monoisotopic (exact) mass is 414 g/mol. The minimum atomic E-state index is -1.19. The highest BCUT2D eigenvalue weighted by atomic mass is 16.5. The molecule has 2 aliphatic rings. The van der Waals surface area contributed by atoms with Gasteiger partial charge in [-0.15, -0.1) is 0 Å². The number of likely N-dealkylation sites (tertiary alicyclic amines) is 1. The first-order valence-corrected chi connectivity index (χ1v) is 9.69. The number of nitrogens with zero attached hydrogens (tertiary/aromatic N) is 3. The number of likely N-dealkylation sites (N-methyl/N-ethyl adjacent to an activating group) is 1. The molecule has 0 radical (unpaired) electrons. The number of carbonyl (C=O) groups is 2. The van der Waals surface area contributed by atoms with E-state index in [9.17, 15) is 19.7 Å². The molecule has 0 saturated carbocycles. The number of ether oxygens (including phenoxy) is 1. The van der Waals surface area contributed by atoms with Crippen molar-refractivity contribution in [3.05, 3.63) is 41.5 Å². The van der Waals surface area contributed by atoms with Crippen LogP contribution in [0.3, 0.4) is 0 Å². The van der Waals surface area contributed by atoms with Crippen molar-refractivity contribution in [2.45, 2.75) is 24.9 Å². The Bertz CT molecular complexity index is 945.